The molecule has 4 heteroatoms. The Hall–Kier alpha value is -0.970. The molecule has 0 aliphatic carbocycles. The summed E-state index contributed by atoms with van der Waals surface area (Å²) < 4.78 is 13.8. The normalized spacial score (nSPS) is 16.6. The maximum absolute atomic E-state index is 13.8. The van der Waals surface area contributed by atoms with Crippen LogP contribution in [0.5, 0.6) is 0 Å². The molecule has 2 rings (SSSR count). The quantitative estimate of drug-likeness (QED) is 0.796. The van der Waals surface area contributed by atoms with Crippen molar-refractivity contribution in [2.75, 3.05) is 19.7 Å². The summed E-state index contributed by atoms with van der Waals surface area (Å²) in [4.78, 5) is 6.79. The standard InChI is InChI=1S/C13H19FN2O/c14-13-9-11(5-8-17-15)3-4-12(13)10-16-6-1-2-7-16/h3-4,9H,1-2,5-8,10,15H2. The molecular weight excluding hydrogens is 219 g/mol. The molecule has 2 N–H and O–H groups in total. The van der Waals surface area contributed by atoms with E-state index < -0.39 is 0 Å². The lowest BCUT2D eigenvalue weighted by molar-refractivity contribution is 0.141. The van der Waals surface area contributed by atoms with Crippen molar-refractivity contribution in [3.05, 3.63) is 35.1 Å². The summed E-state index contributed by atoms with van der Waals surface area (Å²) >= 11 is 0. The summed E-state index contributed by atoms with van der Waals surface area (Å²) in [6.45, 7) is 3.31. The van der Waals surface area contributed by atoms with E-state index in [2.05, 4.69) is 9.74 Å². The minimum absolute atomic E-state index is 0.119. The lowest BCUT2D eigenvalue weighted by Gasteiger charge is -2.15. The van der Waals surface area contributed by atoms with E-state index in [1.165, 1.54) is 12.8 Å². The first-order chi connectivity index (χ1) is 8.29. The van der Waals surface area contributed by atoms with E-state index in [0.29, 0.717) is 13.0 Å². The zero-order valence-electron chi connectivity index (χ0n) is 9.99. The largest absolute Gasteiger partial charge is 0.304 e. The maximum Gasteiger partial charge on any atom is 0.127 e. The van der Waals surface area contributed by atoms with E-state index >= 15 is 0 Å². The molecule has 1 aliphatic heterocycles. The lowest BCUT2D eigenvalue weighted by Crippen LogP contribution is -2.19. The summed E-state index contributed by atoms with van der Waals surface area (Å²) in [6.07, 6.45) is 3.11. The Morgan fingerprint density at radius 1 is 1.29 bits per heavy atom. The number of nitrogens with zero attached hydrogens (tertiary/aromatic N) is 1. The van der Waals surface area contributed by atoms with Crippen molar-refractivity contribution >= 4 is 0 Å². The summed E-state index contributed by atoms with van der Waals surface area (Å²) in [5.74, 6) is 4.83. The fourth-order valence-electron chi connectivity index (χ4n) is 2.23. The Balaban J connectivity index is 1.98. The first-order valence-corrected chi connectivity index (χ1v) is 6.11. The fraction of sp³-hybridized carbons (Fsp3) is 0.538. The maximum atomic E-state index is 13.8. The van der Waals surface area contributed by atoms with Crippen LogP contribution in [0.3, 0.4) is 0 Å². The van der Waals surface area contributed by atoms with Crippen molar-refractivity contribution in [3.8, 4) is 0 Å². The van der Waals surface area contributed by atoms with Crippen LogP contribution in [0.1, 0.15) is 24.0 Å². The average Bonchev–Trinajstić information content (AvgIpc) is 2.82. The third-order valence-electron chi connectivity index (χ3n) is 3.22. The minimum atomic E-state index is -0.119. The van der Waals surface area contributed by atoms with Gasteiger partial charge in [0.05, 0.1) is 6.61 Å². The van der Waals surface area contributed by atoms with Crippen molar-refractivity contribution in [2.45, 2.75) is 25.8 Å². The van der Waals surface area contributed by atoms with Crippen LogP contribution < -0.4 is 5.90 Å². The molecular formula is C13H19FN2O. The molecule has 1 fully saturated rings. The predicted molar refractivity (Wildman–Crippen MR) is 64.8 cm³/mol. The minimum Gasteiger partial charge on any atom is -0.304 e. The number of nitrogens with two attached hydrogens (primary N) is 1. The molecule has 0 unspecified atom stereocenters. The Morgan fingerprint density at radius 2 is 2.06 bits per heavy atom. The molecule has 0 saturated carbocycles. The van der Waals surface area contributed by atoms with Crippen LogP contribution in [0.25, 0.3) is 0 Å². The van der Waals surface area contributed by atoms with Crippen LogP contribution in [0, 0.1) is 5.82 Å². The van der Waals surface area contributed by atoms with E-state index in [1.807, 2.05) is 12.1 Å². The van der Waals surface area contributed by atoms with Gasteiger partial charge in [0.1, 0.15) is 5.82 Å². The number of benzene rings is 1. The first-order valence-electron chi connectivity index (χ1n) is 6.11. The SMILES string of the molecule is NOCCc1ccc(CN2CCCC2)c(F)c1. The molecule has 94 valence electrons. The summed E-state index contributed by atoms with van der Waals surface area (Å²) in [5, 5.41) is 0. The summed E-state index contributed by atoms with van der Waals surface area (Å²) in [5.41, 5.74) is 1.71. The molecule has 1 heterocycles. The molecule has 17 heavy (non-hydrogen) atoms. The second-order valence-electron chi connectivity index (χ2n) is 4.53. The Labute approximate surface area is 101 Å². The van der Waals surface area contributed by atoms with Gasteiger partial charge in [-0.3, -0.25) is 4.90 Å². The van der Waals surface area contributed by atoms with E-state index in [9.17, 15) is 4.39 Å². The van der Waals surface area contributed by atoms with Gasteiger partial charge < -0.3 is 4.84 Å². The van der Waals surface area contributed by atoms with Gasteiger partial charge in [-0.1, -0.05) is 12.1 Å². The van der Waals surface area contributed by atoms with Gasteiger partial charge in [0.2, 0.25) is 0 Å². The van der Waals surface area contributed by atoms with E-state index in [-0.39, 0.29) is 5.82 Å². The van der Waals surface area contributed by atoms with E-state index in [1.54, 1.807) is 6.07 Å². The average molecular weight is 238 g/mol. The van der Waals surface area contributed by atoms with Crippen LogP contribution >= 0.6 is 0 Å². The second kappa shape index (κ2) is 6.10. The Bertz CT molecular complexity index is 364. The van der Waals surface area contributed by atoms with Gasteiger partial charge in [-0.05, 0) is 44.0 Å². The summed E-state index contributed by atoms with van der Waals surface area (Å²) in [7, 11) is 0. The van der Waals surface area contributed by atoms with E-state index in [4.69, 9.17) is 5.90 Å². The highest BCUT2D eigenvalue weighted by Crippen LogP contribution is 2.16. The van der Waals surface area contributed by atoms with Gasteiger partial charge in [-0.25, -0.2) is 10.3 Å². The van der Waals surface area contributed by atoms with Crippen LogP contribution in [0.4, 0.5) is 4.39 Å². The summed E-state index contributed by atoms with van der Waals surface area (Å²) in [6, 6.07) is 5.41. The number of likely N-dealkylation sites (tertiary alicyclic amines) is 1. The molecule has 1 saturated heterocycles. The molecule has 0 radical (unpaired) electrons. The molecule has 1 aliphatic rings. The number of hydrogen-bond acceptors (Lipinski definition) is 3. The second-order valence-corrected chi connectivity index (χ2v) is 4.53. The number of rotatable bonds is 5. The highest BCUT2D eigenvalue weighted by molar-refractivity contribution is 5.24. The molecule has 0 spiro atoms. The highest BCUT2D eigenvalue weighted by atomic mass is 19.1. The highest BCUT2D eigenvalue weighted by Gasteiger charge is 2.13. The van der Waals surface area contributed by atoms with Gasteiger partial charge in [0, 0.05) is 12.1 Å². The number of hydrogen-bond donors (Lipinski definition) is 1. The van der Waals surface area contributed by atoms with Crippen molar-refractivity contribution < 1.29 is 9.23 Å². The van der Waals surface area contributed by atoms with E-state index in [0.717, 1.165) is 30.8 Å². The van der Waals surface area contributed by atoms with Crippen LogP contribution in [0.2, 0.25) is 0 Å². The van der Waals surface area contributed by atoms with Gasteiger partial charge in [0.25, 0.3) is 0 Å². The Morgan fingerprint density at radius 3 is 2.71 bits per heavy atom. The molecule has 0 bridgehead atoms. The smallest absolute Gasteiger partial charge is 0.127 e. The fourth-order valence-corrected chi connectivity index (χ4v) is 2.23. The third kappa shape index (κ3) is 3.49. The van der Waals surface area contributed by atoms with Crippen LogP contribution in [0.15, 0.2) is 18.2 Å². The monoisotopic (exact) mass is 238 g/mol. The van der Waals surface area contributed by atoms with Gasteiger partial charge in [-0.2, -0.15) is 0 Å². The number of halogens is 1. The molecule has 1 aromatic carbocycles. The van der Waals surface area contributed by atoms with Crippen molar-refractivity contribution in [1.82, 2.24) is 4.90 Å². The van der Waals surface area contributed by atoms with Crippen molar-refractivity contribution in [3.63, 3.8) is 0 Å². The zero-order valence-corrected chi connectivity index (χ0v) is 9.99. The lowest BCUT2D eigenvalue weighted by atomic mass is 10.1. The molecule has 3 nitrogen and oxygen atoms in total. The molecule has 1 aromatic rings. The van der Waals surface area contributed by atoms with Crippen LogP contribution in [-0.2, 0) is 17.8 Å². The predicted octanol–water partition coefficient (Wildman–Crippen LogP) is 1.85. The van der Waals surface area contributed by atoms with Gasteiger partial charge in [-0.15, -0.1) is 0 Å². The van der Waals surface area contributed by atoms with Gasteiger partial charge in [0.15, 0.2) is 0 Å². The van der Waals surface area contributed by atoms with Gasteiger partial charge >= 0.3 is 0 Å². The van der Waals surface area contributed by atoms with Crippen LogP contribution in [-0.4, -0.2) is 24.6 Å². The molecule has 0 atom stereocenters. The topological polar surface area (TPSA) is 38.5 Å². The Kier molecular flexibility index (Phi) is 4.48. The third-order valence-corrected chi connectivity index (χ3v) is 3.22. The first kappa shape index (κ1) is 12.5. The molecule has 0 aromatic heterocycles. The zero-order chi connectivity index (χ0) is 12.1. The van der Waals surface area contributed by atoms with Crippen molar-refractivity contribution in [1.29, 1.82) is 0 Å². The van der Waals surface area contributed by atoms with Crippen molar-refractivity contribution in [2.24, 2.45) is 5.90 Å². The molecule has 0 amide bonds.